The second-order valence-electron chi connectivity index (χ2n) is 6.42. The Bertz CT molecular complexity index is 498. The van der Waals surface area contributed by atoms with Gasteiger partial charge in [-0.1, -0.05) is 6.92 Å². The molecule has 2 aliphatic carbocycles. The van der Waals surface area contributed by atoms with Gasteiger partial charge in [-0.15, -0.1) is 0 Å². The highest BCUT2D eigenvalue weighted by atomic mass is 16.5. The van der Waals surface area contributed by atoms with Gasteiger partial charge in [0.25, 0.3) is 0 Å². The average molecular weight is 248 g/mol. The number of allylic oxidation sites excluding steroid dienone is 2. The van der Waals surface area contributed by atoms with Gasteiger partial charge in [-0.05, 0) is 51.2 Å². The Labute approximate surface area is 108 Å². The van der Waals surface area contributed by atoms with E-state index < -0.39 is 11.2 Å². The summed E-state index contributed by atoms with van der Waals surface area (Å²) in [4.78, 5) is 12.0. The minimum atomic E-state index is -1.04. The van der Waals surface area contributed by atoms with Crippen LogP contribution in [0.15, 0.2) is 23.0 Å². The third-order valence-corrected chi connectivity index (χ3v) is 4.91. The molecule has 1 saturated carbocycles. The maximum Gasteiger partial charge on any atom is 0.185 e. The Morgan fingerprint density at radius 1 is 1.39 bits per heavy atom. The van der Waals surface area contributed by atoms with Crippen molar-refractivity contribution in [3.63, 3.8) is 0 Å². The molecule has 1 saturated heterocycles. The van der Waals surface area contributed by atoms with Crippen LogP contribution < -0.4 is 0 Å². The van der Waals surface area contributed by atoms with Gasteiger partial charge in [0.1, 0.15) is 11.4 Å². The zero-order valence-corrected chi connectivity index (χ0v) is 11.4. The highest BCUT2D eigenvalue weighted by molar-refractivity contribution is 6.06. The van der Waals surface area contributed by atoms with Crippen LogP contribution in [0.2, 0.25) is 0 Å². The minimum Gasteiger partial charge on any atom is -0.488 e. The number of hydrogen-bond acceptors (Lipinski definition) is 3. The van der Waals surface area contributed by atoms with E-state index in [0.29, 0.717) is 11.3 Å². The smallest absolute Gasteiger partial charge is 0.185 e. The van der Waals surface area contributed by atoms with Crippen molar-refractivity contribution in [2.45, 2.75) is 51.7 Å². The molecular weight excluding hydrogens is 228 g/mol. The molecule has 1 N–H and O–H groups in total. The summed E-state index contributed by atoms with van der Waals surface area (Å²) in [6, 6.07) is 0. The maximum atomic E-state index is 12.0. The molecule has 98 valence electrons. The summed E-state index contributed by atoms with van der Waals surface area (Å²) in [7, 11) is 0. The Balaban J connectivity index is 2.25. The van der Waals surface area contributed by atoms with Crippen molar-refractivity contribution in [1.82, 2.24) is 0 Å². The maximum absolute atomic E-state index is 12.0. The molecular formula is C15H20O3. The summed E-state index contributed by atoms with van der Waals surface area (Å²) in [5.41, 5.74) is -0.0326. The standard InChI is InChI=1S/C15H20O3/c1-8-5-6-12-14(3,4)18-13-9(2)11(16)7-10(8)15(12,13)17/h7-8,12,17H,5-6H2,1-4H3/t8-,12+,15+/m1/s1. The lowest BCUT2D eigenvalue weighted by molar-refractivity contribution is -0.112. The zero-order chi connectivity index (χ0) is 13.3. The van der Waals surface area contributed by atoms with Crippen LogP contribution in [0.25, 0.3) is 0 Å². The molecule has 0 bridgehead atoms. The van der Waals surface area contributed by atoms with Gasteiger partial charge in [0, 0.05) is 11.5 Å². The lowest BCUT2D eigenvalue weighted by Crippen LogP contribution is -2.49. The lowest BCUT2D eigenvalue weighted by atomic mass is 9.62. The van der Waals surface area contributed by atoms with Crippen molar-refractivity contribution in [2.24, 2.45) is 11.8 Å². The Morgan fingerprint density at radius 3 is 2.72 bits per heavy atom. The summed E-state index contributed by atoms with van der Waals surface area (Å²) in [6.45, 7) is 7.84. The SMILES string of the molecule is CC1=C2OC(C)(C)[C@@H]3CC[C@@H](C)C(=CC1=O)[C@@]23O. The van der Waals surface area contributed by atoms with Crippen LogP contribution in [0, 0.1) is 11.8 Å². The lowest BCUT2D eigenvalue weighted by Gasteiger charge is -2.43. The van der Waals surface area contributed by atoms with E-state index >= 15 is 0 Å². The van der Waals surface area contributed by atoms with Crippen LogP contribution in [-0.4, -0.2) is 22.1 Å². The zero-order valence-electron chi connectivity index (χ0n) is 11.4. The number of carbonyl (C=O) groups excluding carboxylic acids is 1. The van der Waals surface area contributed by atoms with E-state index in [9.17, 15) is 9.90 Å². The van der Waals surface area contributed by atoms with E-state index in [0.717, 1.165) is 18.4 Å². The second-order valence-corrected chi connectivity index (χ2v) is 6.42. The van der Waals surface area contributed by atoms with Crippen LogP contribution in [0.1, 0.15) is 40.5 Å². The molecule has 0 spiro atoms. The Hall–Kier alpha value is -1.09. The minimum absolute atomic E-state index is 0.0186. The number of ether oxygens (including phenoxy) is 1. The van der Waals surface area contributed by atoms with Gasteiger partial charge >= 0.3 is 0 Å². The van der Waals surface area contributed by atoms with Gasteiger partial charge in [0.15, 0.2) is 11.4 Å². The summed E-state index contributed by atoms with van der Waals surface area (Å²) in [6.07, 6.45) is 3.58. The van der Waals surface area contributed by atoms with Crippen LogP contribution in [0.4, 0.5) is 0 Å². The molecule has 0 aromatic rings. The fourth-order valence-electron chi connectivity index (χ4n) is 3.89. The molecule has 3 atom stereocenters. The van der Waals surface area contributed by atoms with Crippen molar-refractivity contribution in [3.05, 3.63) is 23.0 Å². The fraction of sp³-hybridized carbons (Fsp3) is 0.667. The summed E-state index contributed by atoms with van der Waals surface area (Å²) in [5, 5.41) is 11.2. The predicted molar refractivity (Wildman–Crippen MR) is 67.8 cm³/mol. The van der Waals surface area contributed by atoms with Crippen LogP contribution in [0.5, 0.6) is 0 Å². The second kappa shape index (κ2) is 3.27. The third-order valence-electron chi connectivity index (χ3n) is 4.91. The van der Waals surface area contributed by atoms with Gasteiger partial charge in [-0.25, -0.2) is 0 Å². The molecule has 0 aromatic heterocycles. The Morgan fingerprint density at radius 2 is 2.06 bits per heavy atom. The van der Waals surface area contributed by atoms with Crippen LogP contribution in [0.3, 0.4) is 0 Å². The number of ketones is 1. The molecule has 2 fully saturated rings. The van der Waals surface area contributed by atoms with Crippen LogP contribution >= 0.6 is 0 Å². The first kappa shape index (κ1) is 12.0. The van der Waals surface area contributed by atoms with Crippen molar-refractivity contribution in [3.8, 4) is 0 Å². The molecule has 3 heteroatoms. The van der Waals surface area contributed by atoms with E-state index in [2.05, 4.69) is 6.92 Å². The largest absolute Gasteiger partial charge is 0.488 e. The first-order chi connectivity index (χ1) is 8.28. The van der Waals surface area contributed by atoms with Crippen molar-refractivity contribution >= 4 is 5.78 Å². The molecule has 1 heterocycles. The molecule has 0 unspecified atom stereocenters. The molecule has 0 amide bonds. The summed E-state index contributed by atoms with van der Waals surface area (Å²) in [5.74, 6) is 0.780. The third kappa shape index (κ3) is 1.21. The molecule has 0 radical (unpaired) electrons. The van der Waals surface area contributed by atoms with Gasteiger partial charge in [0.2, 0.25) is 0 Å². The predicted octanol–water partition coefficient (Wildman–Crippen LogP) is 2.36. The first-order valence-corrected chi connectivity index (χ1v) is 6.67. The van der Waals surface area contributed by atoms with E-state index in [1.54, 1.807) is 13.0 Å². The molecule has 18 heavy (non-hydrogen) atoms. The van der Waals surface area contributed by atoms with Gasteiger partial charge in [0.05, 0.1) is 0 Å². The topological polar surface area (TPSA) is 46.5 Å². The summed E-state index contributed by atoms with van der Waals surface area (Å²) >= 11 is 0. The first-order valence-electron chi connectivity index (χ1n) is 6.67. The van der Waals surface area contributed by atoms with Crippen molar-refractivity contribution < 1.29 is 14.6 Å². The number of aliphatic hydroxyl groups is 1. The van der Waals surface area contributed by atoms with Crippen LogP contribution in [-0.2, 0) is 9.53 Å². The molecule has 1 aliphatic heterocycles. The summed E-state index contributed by atoms with van der Waals surface area (Å²) < 4.78 is 5.97. The van der Waals surface area contributed by atoms with E-state index in [1.807, 2.05) is 13.8 Å². The quantitative estimate of drug-likeness (QED) is 0.716. The highest BCUT2D eigenvalue weighted by Gasteiger charge is 2.63. The Kier molecular flexibility index (Phi) is 2.17. The molecule has 3 nitrogen and oxygen atoms in total. The van der Waals surface area contributed by atoms with E-state index in [4.69, 9.17) is 4.74 Å². The fourth-order valence-corrected chi connectivity index (χ4v) is 3.89. The number of carbonyl (C=O) groups is 1. The highest BCUT2D eigenvalue weighted by Crippen LogP contribution is 2.58. The van der Waals surface area contributed by atoms with Gasteiger partial charge < -0.3 is 9.84 Å². The van der Waals surface area contributed by atoms with E-state index in [1.165, 1.54) is 0 Å². The average Bonchev–Trinajstić information content (AvgIpc) is 2.49. The molecule has 3 rings (SSSR count). The van der Waals surface area contributed by atoms with Crippen molar-refractivity contribution in [2.75, 3.05) is 0 Å². The molecule has 3 aliphatic rings. The number of rotatable bonds is 0. The van der Waals surface area contributed by atoms with E-state index in [-0.39, 0.29) is 17.6 Å². The van der Waals surface area contributed by atoms with Gasteiger partial charge in [-0.3, -0.25) is 4.79 Å². The van der Waals surface area contributed by atoms with Gasteiger partial charge in [-0.2, -0.15) is 0 Å². The normalized spacial score (nSPS) is 41.4. The van der Waals surface area contributed by atoms with Crippen molar-refractivity contribution in [1.29, 1.82) is 0 Å². The monoisotopic (exact) mass is 248 g/mol. The number of hydrogen-bond donors (Lipinski definition) is 1. The molecule has 0 aromatic carbocycles.